The minimum absolute atomic E-state index is 0.0356. The summed E-state index contributed by atoms with van der Waals surface area (Å²) in [6.07, 6.45) is 0. The second-order valence-electron chi connectivity index (χ2n) is 6.49. The molecular formula is C21H16BrCl2FN2O3S. The number of hydrogen-bond donors (Lipinski definition) is 1. The summed E-state index contributed by atoms with van der Waals surface area (Å²) in [6.45, 7) is -0.702. The predicted molar refractivity (Wildman–Crippen MR) is 123 cm³/mol. The van der Waals surface area contributed by atoms with Crippen LogP contribution in [0, 0.1) is 5.82 Å². The fourth-order valence-corrected chi connectivity index (χ4v) is 4.77. The Bertz CT molecular complexity index is 1210. The topological polar surface area (TPSA) is 66.5 Å². The van der Waals surface area contributed by atoms with E-state index >= 15 is 0 Å². The van der Waals surface area contributed by atoms with Gasteiger partial charge in [0.15, 0.2) is 0 Å². The molecule has 1 N–H and O–H groups in total. The van der Waals surface area contributed by atoms with Crippen LogP contribution in [-0.4, -0.2) is 25.2 Å². The van der Waals surface area contributed by atoms with Gasteiger partial charge in [-0.25, -0.2) is 12.8 Å². The molecule has 0 aliphatic rings. The SMILES string of the molecule is O=C(CN(Cc1ccccc1Cl)S(=O)(=O)c1ccc(Cl)cc1)Nc1ccc(Br)cc1F. The van der Waals surface area contributed by atoms with Crippen LogP contribution in [0.15, 0.2) is 76.1 Å². The molecule has 0 aliphatic carbocycles. The monoisotopic (exact) mass is 544 g/mol. The molecule has 0 saturated carbocycles. The number of nitrogens with zero attached hydrogens (tertiary/aromatic N) is 1. The maximum absolute atomic E-state index is 14.1. The standard InChI is InChI=1S/C21H16BrCl2FN2O3S/c22-15-5-10-20(19(25)11-15)26-21(28)13-27(12-14-3-1-2-4-18(14)24)31(29,30)17-8-6-16(23)7-9-17/h1-11H,12-13H2,(H,26,28). The average Bonchev–Trinajstić information content (AvgIpc) is 2.71. The number of halogens is 4. The fourth-order valence-electron chi connectivity index (χ4n) is 2.74. The largest absolute Gasteiger partial charge is 0.322 e. The van der Waals surface area contributed by atoms with Crippen LogP contribution in [0.2, 0.25) is 10.0 Å². The number of rotatable bonds is 7. The first-order valence-electron chi connectivity index (χ1n) is 8.91. The number of sulfonamides is 1. The molecule has 0 spiro atoms. The summed E-state index contributed by atoms with van der Waals surface area (Å²) < 4.78 is 42.0. The molecule has 3 rings (SSSR count). The van der Waals surface area contributed by atoms with Gasteiger partial charge in [0, 0.05) is 21.1 Å². The number of nitrogens with one attached hydrogen (secondary N) is 1. The third-order valence-electron chi connectivity index (χ3n) is 4.28. The Morgan fingerprint density at radius 1 is 1.03 bits per heavy atom. The third-order valence-corrected chi connectivity index (χ3v) is 7.20. The lowest BCUT2D eigenvalue weighted by Gasteiger charge is -2.22. The molecule has 0 unspecified atom stereocenters. The van der Waals surface area contributed by atoms with Crippen molar-refractivity contribution < 1.29 is 17.6 Å². The summed E-state index contributed by atoms with van der Waals surface area (Å²) in [5, 5.41) is 3.14. The highest BCUT2D eigenvalue weighted by molar-refractivity contribution is 9.10. The molecule has 0 atom stereocenters. The Balaban J connectivity index is 1.90. The van der Waals surface area contributed by atoms with Crippen molar-refractivity contribution in [3.63, 3.8) is 0 Å². The molecule has 0 aliphatic heterocycles. The van der Waals surface area contributed by atoms with Crippen molar-refractivity contribution in [3.05, 3.63) is 92.6 Å². The molecule has 0 bridgehead atoms. The first-order valence-corrected chi connectivity index (χ1v) is 11.9. The molecule has 3 aromatic carbocycles. The summed E-state index contributed by atoms with van der Waals surface area (Å²) in [6, 6.07) is 16.4. The normalized spacial score (nSPS) is 11.5. The van der Waals surface area contributed by atoms with Crippen LogP contribution >= 0.6 is 39.1 Å². The van der Waals surface area contributed by atoms with Gasteiger partial charge >= 0.3 is 0 Å². The van der Waals surface area contributed by atoms with E-state index in [1.165, 1.54) is 36.4 Å². The first-order chi connectivity index (χ1) is 14.7. The second kappa shape index (κ2) is 10.1. The molecule has 10 heteroatoms. The van der Waals surface area contributed by atoms with E-state index in [0.717, 1.165) is 4.31 Å². The second-order valence-corrected chi connectivity index (χ2v) is 10.2. The van der Waals surface area contributed by atoms with Gasteiger partial charge in [0.25, 0.3) is 0 Å². The maximum atomic E-state index is 14.1. The molecule has 3 aromatic rings. The van der Waals surface area contributed by atoms with E-state index in [1.54, 1.807) is 30.3 Å². The molecule has 0 aromatic heterocycles. The molecule has 0 fully saturated rings. The van der Waals surface area contributed by atoms with Crippen LogP contribution in [0.25, 0.3) is 0 Å². The lowest BCUT2D eigenvalue weighted by molar-refractivity contribution is -0.116. The summed E-state index contributed by atoms with van der Waals surface area (Å²) in [5.74, 6) is -1.35. The average molecular weight is 546 g/mol. The van der Waals surface area contributed by atoms with Crippen molar-refractivity contribution in [3.8, 4) is 0 Å². The Labute approximate surface area is 198 Å². The van der Waals surface area contributed by atoms with Crippen molar-refractivity contribution in [1.82, 2.24) is 4.31 Å². The molecule has 31 heavy (non-hydrogen) atoms. The Hall–Kier alpha value is -1.97. The van der Waals surface area contributed by atoms with Gasteiger partial charge in [-0.3, -0.25) is 4.79 Å². The van der Waals surface area contributed by atoms with Crippen molar-refractivity contribution >= 4 is 60.7 Å². The summed E-state index contributed by atoms with van der Waals surface area (Å²) in [5.41, 5.74) is 0.458. The quantitative estimate of drug-likeness (QED) is 0.412. The van der Waals surface area contributed by atoms with Crippen molar-refractivity contribution in [1.29, 1.82) is 0 Å². The molecule has 1 amide bonds. The van der Waals surface area contributed by atoms with Gasteiger partial charge in [0.05, 0.1) is 17.1 Å². The zero-order valence-corrected chi connectivity index (χ0v) is 19.8. The highest BCUT2D eigenvalue weighted by Gasteiger charge is 2.28. The maximum Gasteiger partial charge on any atom is 0.243 e. The molecular weight excluding hydrogens is 530 g/mol. The fraction of sp³-hybridized carbons (Fsp3) is 0.0952. The molecule has 0 radical (unpaired) electrons. The van der Waals surface area contributed by atoms with Crippen LogP contribution in [0.5, 0.6) is 0 Å². The molecule has 0 heterocycles. The number of carbonyl (C=O) groups is 1. The van der Waals surface area contributed by atoms with E-state index in [-0.39, 0.29) is 17.1 Å². The highest BCUT2D eigenvalue weighted by atomic mass is 79.9. The number of amides is 1. The molecule has 0 saturated heterocycles. The summed E-state index contributed by atoms with van der Waals surface area (Å²) >= 11 is 15.2. The van der Waals surface area contributed by atoms with Crippen LogP contribution in [0.4, 0.5) is 10.1 Å². The van der Waals surface area contributed by atoms with Crippen molar-refractivity contribution in [2.24, 2.45) is 0 Å². The van der Waals surface area contributed by atoms with Gasteiger partial charge in [-0.15, -0.1) is 0 Å². The summed E-state index contributed by atoms with van der Waals surface area (Å²) in [7, 11) is -4.08. The van der Waals surface area contributed by atoms with Gasteiger partial charge in [-0.05, 0) is 54.1 Å². The smallest absolute Gasteiger partial charge is 0.243 e. The third kappa shape index (κ3) is 6.05. The van der Waals surface area contributed by atoms with Crippen molar-refractivity contribution in [2.45, 2.75) is 11.4 Å². The van der Waals surface area contributed by atoms with Crippen LogP contribution in [0.3, 0.4) is 0 Å². The minimum Gasteiger partial charge on any atom is -0.322 e. The van der Waals surface area contributed by atoms with E-state index in [0.29, 0.717) is 20.1 Å². The Morgan fingerprint density at radius 3 is 2.35 bits per heavy atom. The van der Waals surface area contributed by atoms with E-state index in [4.69, 9.17) is 23.2 Å². The van der Waals surface area contributed by atoms with E-state index in [1.807, 2.05) is 0 Å². The van der Waals surface area contributed by atoms with E-state index in [9.17, 15) is 17.6 Å². The highest BCUT2D eigenvalue weighted by Crippen LogP contribution is 2.24. The Kier molecular flexibility index (Phi) is 7.72. The lowest BCUT2D eigenvalue weighted by atomic mass is 10.2. The number of hydrogen-bond acceptors (Lipinski definition) is 3. The lowest BCUT2D eigenvalue weighted by Crippen LogP contribution is -2.37. The number of anilines is 1. The van der Waals surface area contributed by atoms with Crippen LogP contribution in [0.1, 0.15) is 5.56 Å². The van der Waals surface area contributed by atoms with Crippen LogP contribution < -0.4 is 5.32 Å². The molecule has 162 valence electrons. The predicted octanol–water partition coefficient (Wildman–Crippen LogP) is 5.72. The summed E-state index contributed by atoms with van der Waals surface area (Å²) in [4.78, 5) is 12.6. The number of carbonyl (C=O) groups excluding carboxylic acids is 1. The van der Waals surface area contributed by atoms with Gasteiger partial charge in [-0.2, -0.15) is 4.31 Å². The van der Waals surface area contributed by atoms with Gasteiger partial charge in [0.1, 0.15) is 5.82 Å². The number of benzene rings is 3. The van der Waals surface area contributed by atoms with Gasteiger partial charge < -0.3 is 5.32 Å². The first kappa shape index (κ1) is 23.7. The van der Waals surface area contributed by atoms with Crippen molar-refractivity contribution in [2.75, 3.05) is 11.9 Å². The zero-order valence-electron chi connectivity index (χ0n) is 15.9. The van der Waals surface area contributed by atoms with Crippen LogP contribution in [-0.2, 0) is 21.4 Å². The zero-order chi connectivity index (χ0) is 22.6. The molecule has 5 nitrogen and oxygen atoms in total. The minimum atomic E-state index is -4.08. The Morgan fingerprint density at radius 2 is 1.71 bits per heavy atom. The van der Waals surface area contributed by atoms with E-state index in [2.05, 4.69) is 21.2 Å². The van der Waals surface area contributed by atoms with Gasteiger partial charge in [0.2, 0.25) is 15.9 Å². The van der Waals surface area contributed by atoms with Gasteiger partial charge in [-0.1, -0.05) is 57.3 Å². The van der Waals surface area contributed by atoms with E-state index < -0.39 is 28.3 Å².